The number of carbonyl (C=O) groups is 2. The first-order valence-corrected chi connectivity index (χ1v) is 10.5. The van der Waals surface area contributed by atoms with Crippen molar-refractivity contribution in [3.05, 3.63) is 108 Å². The van der Waals surface area contributed by atoms with Crippen LogP contribution in [0.3, 0.4) is 0 Å². The third kappa shape index (κ3) is 3.40. The van der Waals surface area contributed by atoms with Gasteiger partial charge < -0.3 is 0 Å². The third-order valence-corrected chi connectivity index (χ3v) is 6.59. The maximum absolute atomic E-state index is 13.3. The Morgan fingerprint density at radius 1 is 0.690 bits per heavy atom. The average Bonchev–Trinajstić information content (AvgIpc) is 3.05. The molecule has 0 saturated carbocycles. The first-order chi connectivity index (χ1) is 14.0. The van der Waals surface area contributed by atoms with Crippen molar-refractivity contribution in [2.75, 3.05) is 6.54 Å². The van der Waals surface area contributed by atoms with Gasteiger partial charge in [0, 0.05) is 11.1 Å². The Labute approximate surface area is 169 Å². The van der Waals surface area contributed by atoms with Crippen LogP contribution in [0, 0.1) is 0 Å². The highest BCUT2D eigenvalue weighted by molar-refractivity contribution is 7.88. The van der Waals surface area contributed by atoms with Crippen LogP contribution >= 0.6 is 0 Å². The Morgan fingerprint density at radius 3 is 1.66 bits per heavy atom. The molecule has 7 heteroatoms. The standard InChI is InChI=1S/C22H18N2O4S/c25-21(18-12-6-2-7-13-18)23-16-20(17-10-4-1-5-11-17)24(29(23,27)28)22(26)19-14-8-3-9-15-19/h1-15,20H,16H2/t20-/m1/s1. The predicted octanol–water partition coefficient (Wildman–Crippen LogP) is 3.27. The quantitative estimate of drug-likeness (QED) is 0.669. The molecule has 3 aromatic rings. The lowest BCUT2D eigenvalue weighted by Crippen LogP contribution is -2.40. The Bertz CT molecular complexity index is 1130. The molecule has 0 N–H and O–H groups in total. The van der Waals surface area contributed by atoms with Crippen LogP contribution in [-0.4, -0.2) is 35.4 Å². The van der Waals surface area contributed by atoms with Gasteiger partial charge in [-0.15, -0.1) is 0 Å². The predicted molar refractivity (Wildman–Crippen MR) is 108 cm³/mol. The molecule has 0 bridgehead atoms. The lowest BCUT2D eigenvalue weighted by Gasteiger charge is -2.22. The topological polar surface area (TPSA) is 74.8 Å². The van der Waals surface area contributed by atoms with E-state index in [1.165, 1.54) is 0 Å². The molecule has 1 saturated heterocycles. The lowest BCUT2D eigenvalue weighted by molar-refractivity contribution is 0.0826. The molecule has 2 amide bonds. The summed E-state index contributed by atoms with van der Waals surface area (Å²) in [4.78, 5) is 26.1. The monoisotopic (exact) mass is 406 g/mol. The van der Waals surface area contributed by atoms with Gasteiger partial charge in [-0.2, -0.15) is 8.42 Å². The number of amides is 2. The molecule has 0 unspecified atom stereocenters. The lowest BCUT2D eigenvalue weighted by atomic mass is 10.1. The molecule has 0 aromatic heterocycles. The fourth-order valence-corrected chi connectivity index (χ4v) is 5.06. The first-order valence-electron chi connectivity index (χ1n) is 9.06. The highest BCUT2D eigenvalue weighted by atomic mass is 32.2. The van der Waals surface area contributed by atoms with Crippen molar-refractivity contribution in [3.63, 3.8) is 0 Å². The zero-order valence-corrected chi connectivity index (χ0v) is 16.2. The zero-order valence-electron chi connectivity index (χ0n) is 15.4. The highest BCUT2D eigenvalue weighted by Gasteiger charge is 2.49. The summed E-state index contributed by atoms with van der Waals surface area (Å²) in [7, 11) is -4.35. The van der Waals surface area contributed by atoms with Crippen LogP contribution in [0.2, 0.25) is 0 Å². The number of nitrogens with zero attached hydrogens (tertiary/aromatic N) is 2. The molecule has 146 valence electrons. The molecular formula is C22H18N2O4S. The van der Waals surface area contributed by atoms with E-state index in [0.29, 0.717) is 5.56 Å². The summed E-state index contributed by atoms with van der Waals surface area (Å²) in [6.07, 6.45) is 0. The summed E-state index contributed by atoms with van der Waals surface area (Å²) < 4.78 is 28.2. The Morgan fingerprint density at radius 2 is 1.14 bits per heavy atom. The molecule has 1 fully saturated rings. The fraction of sp³-hybridized carbons (Fsp3) is 0.0909. The molecule has 4 rings (SSSR count). The van der Waals surface area contributed by atoms with Crippen LogP contribution in [0.4, 0.5) is 0 Å². The summed E-state index contributed by atoms with van der Waals surface area (Å²) in [6, 6.07) is 24.4. The molecule has 0 radical (unpaired) electrons. The maximum atomic E-state index is 13.3. The fourth-order valence-electron chi connectivity index (χ4n) is 3.38. The van der Waals surface area contributed by atoms with Gasteiger partial charge in [-0.25, -0.2) is 8.61 Å². The van der Waals surface area contributed by atoms with Crippen molar-refractivity contribution in [1.29, 1.82) is 0 Å². The second-order valence-electron chi connectivity index (χ2n) is 6.60. The summed E-state index contributed by atoms with van der Waals surface area (Å²) in [5.74, 6) is -1.32. The number of hydrogen-bond donors (Lipinski definition) is 0. The van der Waals surface area contributed by atoms with Crippen LogP contribution in [0.1, 0.15) is 32.3 Å². The van der Waals surface area contributed by atoms with E-state index in [0.717, 1.165) is 8.61 Å². The Balaban J connectivity index is 1.80. The van der Waals surface area contributed by atoms with Crippen molar-refractivity contribution < 1.29 is 18.0 Å². The molecule has 0 spiro atoms. The van der Waals surface area contributed by atoms with Crippen LogP contribution in [0.5, 0.6) is 0 Å². The average molecular weight is 406 g/mol. The summed E-state index contributed by atoms with van der Waals surface area (Å²) in [5, 5.41) is 0. The van der Waals surface area contributed by atoms with E-state index in [2.05, 4.69) is 0 Å². The second-order valence-corrected chi connectivity index (χ2v) is 8.33. The van der Waals surface area contributed by atoms with E-state index in [1.807, 2.05) is 6.07 Å². The third-order valence-electron chi connectivity index (χ3n) is 4.80. The number of carbonyl (C=O) groups excluding carboxylic acids is 2. The molecule has 29 heavy (non-hydrogen) atoms. The molecule has 1 aliphatic rings. The summed E-state index contributed by atoms with van der Waals surface area (Å²) >= 11 is 0. The van der Waals surface area contributed by atoms with E-state index in [4.69, 9.17) is 0 Å². The van der Waals surface area contributed by atoms with Gasteiger partial charge in [0.15, 0.2) is 0 Å². The van der Waals surface area contributed by atoms with Crippen LogP contribution in [0.15, 0.2) is 91.0 Å². The summed E-state index contributed by atoms with van der Waals surface area (Å²) in [5.41, 5.74) is 1.13. The van der Waals surface area contributed by atoms with Gasteiger partial charge >= 0.3 is 10.2 Å². The van der Waals surface area contributed by atoms with Gasteiger partial charge in [-0.1, -0.05) is 66.7 Å². The zero-order chi connectivity index (χ0) is 20.4. The minimum Gasteiger partial charge on any atom is -0.268 e. The number of hydrogen-bond acceptors (Lipinski definition) is 4. The van der Waals surface area contributed by atoms with Gasteiger partial charge in [-0.3, -0.25) is 9.59 Å². The molecular weight excluding hydrogens is 388 g/mol. The van der Waals surface area contributed by atoms with Gasteiger partial charge in [0.25, 0.3) is 11.8 Å². The minimum absolute atomic E-state index is 0.140. The van der Waals surface area contributed by atoms with Crippen molar-refractivity contribution in [3.8, 4) is 0 Å². The van der Waals surface area contributed by atoms with Crippen LogP contribution in [-0.2, 0) is 10.2 Å². The number of benzene rings is 3. The molecule has 0 aliphatic carbocycles. The maximum Gasteiger partial charge on any atom is 0.332 e. The second kappa shape index (κ2) is 7.52. The normalized spacial score (nSPS) is 17.9. The SMILES string of the molecule is O=C(c1ccccc1)N1C[C@H](c2ccccc2)N(C(=O)c2ccccc2)S1(=O)=O. The van der Waals surface area contributed by atoms with Crippen LogP contribution in [0.25, 0.3) is 0 Å². The Kier molecular flexibility index (Phi) is 4.90. The van der Waals surface area contributed by atoms with Gasteiger partial charge in [-0.05, 0) is 29.8 Å². The van der Waals surface area contributed by atoms with Crippen molar-refractivity contribution in [2.45, 2.75) is 6.04 Å². The first kappa shape index (κ1) is 18.9. The van der Waals surface area contributed by atoms with Crippen molar-refractivity contribution in [1.82, 2.24) is 8.61 Å². The minimum atomic E-state index is -4.35. The van der Waals surface area contributed by atoms with Gasteiger partial charge in [0.05, 0.1) is 12.6 Å². The highest BCUT2D eigenvalue weighted by Crippen LogP contribution is 2.36. The molecule has 6 nitrogen and oxygen atoms in total. The van der Waals surface area contributed by atoms with E-state index >= 15 is 0 Å². The number of rotatable bonds is 3. The van der Waals surface area contributed by atoms with E-state index in [9.17, 15) is 18.0 Å². The van der Waals surface area contributed by atoms with E-state index in [1.54, 1.807) is 84.9 Å². The molecule has 1 aliphatic heterocycles. The van der Waals surface area contributed by atoms with Gasteiger partial charge in [0.2, 0.25) is 0 Å². The molecule has 1 heterocycles. The molecule has 3 aromatic carbocycles. The van der Waals surface area contributed by atoms with E-state index < -0.39 is 28.1 Å². The summed E-state index contributed by atoms with van der Waals surface area (Å²) in [6.45, 7) is -0.140. The largest absolute Gasteiger partial charge is 0.332 e. The van der Waals surface area contributed by atoms with Gasteiger partial charge in [0.1, 0.15) is 0 Å². The van der Waals surface area contributed by atoms with E-state index in [-0.39, 0.29) is 17.7 Å². The molecule has 1 atom stereocenters. The Hall–Kier alpha value is -3.45. The van der Waals surface area contributed by atoms with Crippen LogP contribution < -0.4 is 0 Å². The smallest absolute Gasteiger partial charge is 0.268 e. The van der Waals surface area contributed by atoms with Crippen molar-refractivity contribution in [2.24, 2.45) is 0 Å². The van der Waals surface area contributed by atoms with Crippen molar-refractivity contribution >= 4 is 22.0 Å².